The summed E-state index contributed by atoms with van der Waals surface area (Å²) in [6.45, 7) is 5.18. The summed E-state index contributed by atoms with van der Waals surface area (Å²) in [7, 11) is -1.71. The highest BCUT2D eigenvalue weighted by atomic mass is 35.5. The molecule has 0 atom stereocenters. The molecule has 0 saturated carbocycles. The van der Waals surface area contributed by atoms with Crippen molar-refractivity contribution in [3.05, 3.63) is 59.1 Å². The van der Waals surface area contributed by atoms with E-state index in [0.717, 1.165) is 44.9 Å². The van der Waals surface area contributed by atoms with Crippen LogP contribution < -0.4 is 14.4 Å². The van der Waals surface area contributed by atoms with Gasteiger partial charge in [-0.15, -0.1) is 0 Å². The number of nitrogens with one attached hydrogen (secondary N) is 1. The predicted octanol–water partition coefficient (Wildman–Crippen LogP) is 2.98. The van der Waals surface area contributed by atoms with E-state index in [0.29, 0.717) is 17.1 Å². The van der Waals surface area contributed by atoms with Crippen molar-refractivity contribution in [3.8, 4) is 5.75 Å². The molecule has 29 heavy (non-hydrogen) atoms. The van der Waals surface area contributed by atoms with E-state index >= 15 is 0 Å². The molecule has 3 rings (SSSR count). The summed E-state index contributed by atoms with van der Waals surface area (Å²) in [5, 5.41) is 0.479. The average Bonchev–Trinajstić information content (AvgIpc) is 2.73. The van der Waals surface area contributed by atoms with Crippen molar-refractivity contribution in [1.29, 1.82) is 0 Å². The molecule has 1 N–H and O–H groups in total. The van der Waals surface area contributed by atoms with Crippen LogP contribution in [0.5, 0.6) is 5.75 Å². The molecule has 8 heteroatoms. The van der Waals surface area contributed by atoms with Crippen molar-refractivity contribution >= 4 is 27.3 Å². The Bertz CT molecular complexity index is 882. The van der Waals surface area contributed by atoms with Gasteiger partial charge in [-0.2, -0.15) is 0 Å². The van der Waals surface area contributed by atoms with E-state index < -0.39 is 10.0 Å². The molecule has 158 valence electrons. The smallest absolute Gasteiger partial charge is 0.215 e. The van der Waals surface area contributed by atoms with Crippen LogP contribution in [0.2, 0.25) is 5.02 Å². The van der Waals surface area contributed by atoms with Gasteiger partial charge in [0.25, 0.3) is 0 Å². The monoisotopic (exact) mass is 437 g/mol. The zero-order chi connectivity index (χ0) is 20.7. The molecule has 0 aliphatic carbocycles. The van der Waals surface area contributed by atoms with E-state index in [1.54, 1.807) is 31.4 Å². The maximum absolute atomic E-state index is 12.2. The van der Waals surface area contributed by atoms with Crippen LogP contribution >= 0.6 is 11.6 Å². The lowest BCUT2D eigenvalue weighted by Gasteiger charge is -2.36. The Morgan fingerprint density at radius 2 is 1.72 bits per heavy atom. The number of hydrogen-bond acceptors (Lipinski definition) is 5. The lowest BCUT2D eigenvalue weighted by atomic mass is 10.2. The van der Waals surface area contributed by atoms with Crippen LogP contribution in [-0.4, -0.2) is 59.7 Å². The number of anilines is 1. The van der Waals surface area contributed by atoms with Gasteiger partial charge in [-0.05, 0) is 48.9 Å². The summed E-state index contributed by atoms with van der Waals surface area (Å²) in [4.78, 5) is 4.74. The fourth-order valence-corrected chi connectivity index (χ4v) is 4.92. The van der Waals surface area contributed by atoms with Crippen LogP contribution in [0.15, 0.2) is 48.5 Å². The van der Waals surface area contributed by atoms with Crippen LogP contribution in [-0.2, 0) is 15.8 Å². The van der Waals surface area contributed by atoms with E-state index in [9.17, 15) is 8.42 Å². The number of rotatable bonds is 9. The molecule has 1 aliphatic heterocycles. The first kappa shape index (κ1) is 21.9. The fraction of sp³-hybridized carbons (Fsp3) is 0.429. The zero-order valence-electron chi connectivity index (χ0n) is 16.7. The van der Waals surface area contributed by atoms with Gasteiger partial charge in [-0.25, -0.2) is 13.1 Å². The molecule has 2 aromatic carbocycles. The summed E-state index contributed by atoms with van der Waals surface area (Å²) in [6.07, 6.45) is 0.782. The van der Waals surface area contributed by atoms with Gasteiger partial charge in [0.2, 0.25) is 10.0 Å². The van der Waals surface area contributed by atoms with Gasteiger partial charge in [-0.3, -0.25) is 4.90 Å². The summed E-state index contributed by atoms with van der Waals surface area (Å²) in [5.74, 6) is 0.775. The molecule has 0 spiro atoms. The largest absolute Gasteiger partial charge is 0.497 e. The molecular formula is C21H28ClN3O3S. The molecule has 6 nitrogen and oxygen atoms in total. The summed E-state index contributed by atoms with van der Waals surface area (Å²) < 4.78 is 32.4. The first-order valence-corrected chi connectivity index (χ1v) is 11.8. The molecule has 2 aromatic rings. The zero-order valence-corrected chi connectivity index (χ0v) is 18.3. The van der Waals surface area contributed by atoms with E-state index in [1.165, 1.54) is 5.69 Å². The van der Waals surface area contributed by atoms with E-state index in [-0.39, 0.29) is 5.75 Å². The number of methoxy groups -OCH3 is 1. The molecule has 1 aliphatic rings. The van der Waals surface area contributed by atoms with Crippen molar-refractivity contribution in [2.45, 2.75) is 12.2 Å². The van der Waals surface area contributed by atoms with Crippen molar-refractivity contribution in [2.24, 2.45) is 0 Å². The summed E-state index contributed by atoms with van der Waals surface area (Å²) >= 11 is 6.06. The Hall–Kier alpha value is -1.80. The highest BCUT2D eigenvalue weighted by Gasteiger charge is 2.18. The normalized spacial score (nSPS) is 15.4. The number of ether oxygens (including phenoxy) is 1. The third kappa shape index (κ3) is 6.60. The number of hydrogen-bond donors (Lipinski definition) is 1. The molecule has 1 heterocycles. The predicted molar refractivity (Wildman–Crippen MR) is 118 cm³/mol. The number of benzene rings is 2. The Kier molecular flexibility index (Phi) is 7.77. The Balaban J connectivity index is 1.36. The summed E-state index contributed by atoms with van der Waals surface area (Å²) in [5.41, 5.74) is 1.83. The number of sulfonamides is 1. The molecule has 0 unspecified atom stereocenters. The third-order valence-electron chi connectivity index (χ3n) is 5.09. The molecule has 1 saturated heterocycles. The second kappa shape index (κ2) is 10.3. The minimum atomic E-state index is -3.38. The lowest BCUT2D eigenvalue weighted by molar-refractivity contribution is 0.255. The lowest BCUT2D eigenvalue weighted by Crippen LogP contribution is -2.47. The second-order valence-electron chi connectivity index (χ2n) is 7.13. The Labute approximate surface area is 178 Å². The summed E-state index contributed by atoms with van der Waals surface area (Å²) in [6, 6.07) is 15.2. The van der Waals surface area contributed by atoms with Gasteiger partial charge < -0.3 is 9.64 Å². The van der Waals surface area contributed by atoms with E-state index in [1.807, 2.05) is 12.1 Å². The van der Waals surface area contributed by atoms with Gasteiger partial charge in [0.1, 0.15) is 5.75 Å². The third-order valence-corrected chi connectivity index (χ3v) is 6.79. The topological polar surface area (TPSA) is 61.9 Å². The maximum atomic E-state index is 12.2. The van der Waals surface area contributed by atoms with E-state index in [2.05, 4.69) is 26.7 Å². The second-order valence-corrected chi connectivity index (χ2v) is 9.34. The van der Waals surface area contributed by atoms with Crippen LogP contribution in [0, 0.1) is 0 Å². The Morgan fingerprint density at radius 3 is 2.38 bits per heavy atom. The standard InChI is InChI=1S/C21H28ClN3O3S/c1-28-20-9-7-19(8-10-20)25-15-13-24(14-16-25)12-4-11-23-29(26,27)17-18-5-2-3-6-21(18)22/h2-3,5-10,23H,4,11-17H2,1H3. The fourth-order valence-electron chi connectivity index (χ4n) is 3.42. The minimum Gasteiger partial charge on any atom is -0.497 e. The van der Waals surface area contributed by atoms with Gasteiger partial charge in [0.15, 0.2) is 0 Å². The van der Waals surface area contributed by atoms with Crippen LogP contribution in [0.4, 0.5) is 5.69 Å². The molecular weight excluding hydrogens is 410 g/mol. The highest BCUT2D eigenvalue weighted by Crippen LogP contribution is 2.20. The highest BCUT2D eigenvalue weighted by molar-refractivity contribution is 7.88. The number of nitrogens with zero attached hydrogens (tertiary/aromatic N) is 2. The molecule has 1 fully saturated rings. The quantitative estimate of drug-likeness (QED) is 0.611. The van der Waals surface area contributed by atoms with Gasteiger partial charge >= 0.3 is 0 Å². The van der Waals surface area contributed by atoms with Crippen molar-refractivity contribution in [2.75, 3.05) is 51.3 Å². The van der Waals surface area contributed by atoms with Crippen molar-refractivity contribution in [1.82, 2.24) is 9.62 Å². The first-order valence-electron chi connectivity index (χ1n) is 9.79. The minimum absolute atomic E-state index is 0.0901. The van der Waals surface area contributed by atoms with Crippen molar-refractivity contribution in [3.63, 3.8) is 0 Å². The number of halogens is 1. The first-order chi connectivity index (χ1) is 14.0. The molecule has 0 amide bonds. The van der Waals surface area contributed by atoms with Gasteiger partial charge in [0.05, 0.1) is 12.9 Å². The van der Waals surface area contributed by atoms with Crippen LogP contribution in [0.3, 0.4) is 0 Å². The SMILES string of the molecule is COc1ccc(N2CCN(CCCNS(=O)(=O)Cc3ccccc3Cl)CC2)cc1. The van der Waals surface area contributed by atoms with Crippen molar-refractivity contribution < 1.29 is 13.2 Å². The molecule has 0 radical (unpaired) electrons. The van der Waals surface area contributed by atoms with Crippen LogP contribution in [0.25, 0.3) is 0 Å². The molecule has 0 bridgehead atoms. The number of piperazine rings is 1. The van der Waals surface area contributed by atoms with Crippen LogP contribution in [0.1, 0.15) is 12.0 Å². The van der Waals surface area contributed by atoms with Gasteiger partial charge in [-0.1, -0.05) is 29.8 Å². The Morgan fingerprint density at radius 1 is 1.03 bits per heavy atom. The van der Waals surface area contributed by atoms with E-state index in [4.69, 9.17) is 16.3 Å². The maximum Gasteiger partial charge on any atom is 0.215 e. The van der Waals surface area contributed by atoms with Gasteiger partial charge in [0, 0.05) is 43.4 Å². The average molecular weight is 438 g/mol. The molecule has 0 aromatic heterocycles.